The number of nitrogens with zero attached hydrogens (tertiary/aromatic N) is 2. The molecule has 5 nitrogen and oxygen atoms in total. The molecule has 1 saturated heterocycles. The Hall–Kier alpha value is -3.73. The van der Waals surface area contributed by atoms with E-state index in [0.29, 0.717) is 17.2 Å². The summed E-state index contributed by atoms with van der Waals surface area (Å²) in [5.41, 5.74) is 5.33. The van der Waals surface area contributed by atoms with E-state index in [9.17, 15) is 14.7 Å². The molecule has 3 aromatic rings. The van der Waals surface area contributed by atoms with E-state index in [-0.39, 0.29) is 17.9 Å². The number of carbonyl (C=O) groups is 2. The fourth-order valence-electron chi connectivity index (χ4n) is 4.16. The molecule has 168 valence electrons. The van der Waals surface area contributed by atoms with Gasteiger partial charge in [0, 0.05) is 11.8 Å². The molecule has 2 aromatic carbocycles. The normalized spacial score (nSPS) is 17.7. The molecular formula is C28H28N2O3. The molecule has 0 aliphatic carbocycles. The molecule has 4 rings (SSSR count). The Kier molecular flexibility index (Phi) is 6.14. The molecule has 33 heavy (non-hydrogen) atoms. The summed E-state index contributed by atoms with van der Waals surface area (Å²) in [5, 5.41) is 11.2. The first-order valence-corrected chi connectivity index (χ1v) is 11.1. The van der Waals surface area contributed by atoms with Gasteiger partial charge in [0.1, 0.15) is 5.76 Å². The van der Waals surface area contributed by atoms with E-state index >= 15 is 0 Å². The molecule has 0 saturated carbocycles. The summed E-state index contributed by atoms with van der Waals surface area (Å²) in [7, 11) is 0. The Morgan fingerprint density at radius 2 is 1.73 bits per heavy atom. The van der Waals surface area contributed by atoms with Gasteiger partial charge in [0.05, 0.1) is 23.9 Å². The Labute approximate surface area is 194 Å². The number of aliphatic hydroxyl groups excluding tert-OH is 1. The number of aromatic nitrogens is 1. The molecule has 1 unspecified atom stereocenters. The van der Waals surface area contributed by atoms with Crippen molar-refractivity contribution in [1.29, 1.82) is 0 Å². The quantitative estimate of drug-likeness (QED) is 0.326. The first-order valence-electron chi connectivity index (χ1n) is 11.1. The molecule has 1 aromatic heterocycles. The average molecular weight is 441 g/mol. The number of likely N-dealkylation sites (tertiary alicyclic amines) is 1. The Morgan fingerprint density at radius 1 is 1.00 bits per heavy atom. The highest BCUT2D eigenvalue weighted by Gasteiger charge is 2.46. The summed E-state index contributed by atoms with van der Waals surface area (Å²) in [4.78, 5) is 32.2. The van der Waals surface area contributed by atoms with Gasteiger partial charge in [-0.1, -0.05) is 56.3 Å². The van der Waals surface area contributed by atoms with Crippen LogP contribution in [-0.2, 0) is 16.1 Å². The molecule has 1 atom stereocenters. The van der Waals surface area contributed by atoms with Crippen LogP contribution >= 0.6 is 0 Å². The van der Waals surface area contributed by atoms with Gasteiger partial charge in [0.25, 0.3) is 11.7 Å². The Balaban J connectivity index is 1.86. The molecule has 0 bridgehead atoms. The molecule has 1 fully saturated rings. The van der Waals surface area contributed by atoms with E-state index in [1.165, 1.54) is 4.90 Å². The summed E-state index contributed by atoms with van der Waals surface area (Å²) in [5.74, 6) is -1.11. The minimum atomic E-state index is -0.699. The van der Waals surface area contributed by atoms with Gasteiger partial charge < -0.3 is 10.0 Å². The van der Waals surface area contributed by atoms with E-state index in [1.807, 2.05) is 62.4 Å². The van der Waals surface area contributed by atoms with Crippen LogP contribution in [0.25, 0.3) is 5.76 Å². The van der Waals surface area contributed by atoms with Crippen LogP contribution in [0.2, 0.25) is 0 Å². The number of ketones is 1. The minimum Gasteiger partial charge on any atom is -0.507 e. The lowest BCUT2D eigenvalue weighted by molar-refractivity contribution is -0.140. The second-order valence-electron chi connectivity index (χ2n) is 8.87. The number of aryl methyl sites for hydroxylation is 2. The van der Waals surface area contributed by atoms with Crippen molar-refractivity contribution < 1.29 is 14.7 Å². The fraction of sp³-hybridized carbons (Fsp3) is 0.250. The highest BCUT2D eigenvalue weighted by atomic mass is 16.3. The third-order valence-electron chi connectivity index (χ3n) is 6.30. The van der Waals surface area contributed by atoms with Crippen LogP contribution < -0.4 is 0 Å². The summed E-state index contributed by atoms with van der Waals surface area (Å²) in [6.07, 6.45) is 1.66. The number of pyridine rings is 1. The zero-order chi connectivity index (χ0) is 23.7. The van der Waals surface area contributed by atoms with Crippen LogP contribution in [0.15, 0.2) is 72.4 Å². The number of amides is 1. The topological polar surface area (TPSA) is 70.5 Å². The number of hydrogen-bond donors (Lipinski definition) is 1. The van der Waals surface area contributed by atoms with E-state index < -0.39 is 17.7 Å². The van der Waals surface area contributed by atoms with Crippen molar-refractivity contribution >= 4 is 17.4 Å². The number of carbonyl (C=O) groups excluding carboxylic acids is 2. The van der Waals surface area contributed by atoms with Crippen LogP contribution in [0.4, 0.5) is 0 Å². The number of hydrogen-bond acceptors (Lipinski definition) is 4. The molecule has 2 heterocycles. The fourth-order valence-corrected chi connectivity index (χ4v) is 4.16. The van der Waals surface area contributed by atoms with E-state index in [4.69, 9.17) is 0 Å². The first kappa shape index (κ1) is 22.5. The number of benzene rings is 2. The van der Waals surface area contributed by atoms with Gasteiger partial charge in [0.15, 0.2) is 0 Å². The van der Waals surface area contributed by atoms with E-state index in [2.05, 4.69) is 18.8 Å². The van der Waals surface area contributed by atoms with Crippen LogP contribution in [0, 0.1) is 13.8 Å². The van der Waals surface area contributed by atoms with Crippen molar-refractivity contribution in [3.05, 3.63) is 106 Å². The van der Waals surface area contributed by atoms with E-state index in [1.54, 1.807) is 18.3 Å². The summed E-state index contributed by atoms with van der Waals surface area (Å²) >= 11 is 0. The lowest BCUT2D eigenvalue weighted by Gasteiger charge is -2.25. The number of rotatable bonds is 5. The van der Waals surface area contributed by atoms with Crippen LogP contribution in [0.1, 0.15) is 59.3 Å². The first-order chi connectivity index (χ1) is 15.8. The lowest BCUT2D eigenvalue weighted by Crippen LogP contribution is -2.29. The maximum atomic E-state index is 13.2. The third-order valence-corrected chi connectivity index (χ3v) is 6.30. The van der Waals surface area contributed by atoms with Crippen molar-refractivity contribution in [3.8, 4) is 0 Å². The van der Waals surface area contributed by atoms with Gasteiger partial charge in [-0.15, -0.1) is 0 Å². The monoisotopic (exact) mass is 440 g/mol. The lowest BCUT2D eigenvalue weighted by atomic mass is 9.92. The molecule has 1 aliphatic heterocycles. The number of Topliss-reactive ketones (excluding diaryl/α,β-unsaturated/α-hetero) is 1. The highest BCUT2D eigenvalue weighted by molar-refractivity contribution is 6.46. The summed E-state index contributed by atoms with van der Waals surface area (Å²) in [6.45, 7) is 8.34. The molecule has 1 aliphatic rings. The zero-order valence-corrected chi connectivity index (χ0v) is 19.4. The molecular weight excluding hydrogens is 412 g/mol. The van der Waals surface area contributed by atoms with Crippen molar-refractivity contribution in [2.75, 3.05) is 0 Å². The molecule has 1 N–H and O–H groups in total. The predicted molar refractivity (Wildman–Crippen MR) is 129 cm³/mol. The maximum absolute atomic E-state index is 13.2. The standard InChI is InChI=1S/C28H28N2O3/c1-17(2)20-10-12-21(13-11-20)25-24(26(31)22-9-8-18(3)19(4)15-22)27(32)28(33)30(25)16-23-7-5-6-14-29-23/h5-15,17,25,31H,16H2,1-4H3/b26-24-. The Bertz CT molecular complexity index is 1230. The highest BCUT2D eigenvalue weighted by Crippen LogP contribution is 2.40. The summed E-state index contributed by atoms with van der Waals surface area (Å²) < 4.78 is 0. The van der Waals surface area contributed by atoms with Crippen molar-refractivity contribution in [3.63, 3.8) is 0 Å². The third kappa shape index (κ3) is 4.31. The van der Waals surface area contributed by atoms with Crippen molar-refractivity contribution in [2.24, 2.45) is 0 Å². The molecule has 1 amide bonds. The average Bonchev–Trinajstić information content (AvgIpc) is 3.06. The zero-order valence-electron chi connectivity index (χ0n) is 19.4. The van der Waals surface area contributed by atoms with Gasteiger partial charge in [-0.3, -0.25) is 14.6 Å². The smallest absolute Gasteiger partial charge is 0.296 e. The van der Waals surface area contributed by atoms with Crippen molar-refractivity contribution in [1.82, 2.24) is 9.88 Å². The van der Waals surface area contributed by atoms with Gasteiger partial charge in [-0.25, -0.2) is 0 Å². The van der Waals surface area contributed by atoms with Crippen LogP contribution in [-0.4, -0.2) is 26.7 Å². The predicted octanol–water partition coefficient (Wildman–Crippen LogP) is 5.44. The SMILES string of the molecule is Cc1ccc(/C(O)=C2/C(=O)C(=O)N(Cc3ccccn3)C2c2ccc(C(C)C)cc2)cc1C. The minimum absolute atomic E-state index is 0.108. The Morgan fingerprint density at radius 3 is 2.33 bits per heavy atom. The maximum Gasteiger partial charge on any atom is 0.296 e. The number of aliphatic hydroxyl groups is 1. The van der Waals surface area contributed by atoms with Gasteiger partial charge in [0.2, 0.25) is 0 Å². The van der Waals surface area contributed by atoms with Gasteiger partial charge >= 0.3 is 0 Å². The summed E-state index contributed by atoms with van der Waals surface area (Å²) in [6, 6.07) is 18.2. The molecule has 0 radical (unpaired) electrons. The van der Waals surface area contributed by atoms with Gasteiger partial charge in [-0.2, -0.15) is 0 Å². The van der Waals surface area contributed by atoms with Crippen LogP contribution in [0.5, 0.6) is 0 Å². The van der Waals surface area contributed by atoms with Crippen LogP contribution in [0.3, 0.4) is 0 Å². The van der Waals surface area contributed by atoms with E-state index in [0.717, 1.165) is 22.3 Å². The molecule has 5 heteroatoms. The second-order valence-corrected chi connectivity index (χ2v) is 8.87. The van der Waals surface area contributed by atoms with Gasteiger partial charge in [-0.05, 0) is 60.2 Å². The molecule has 0 spiro atoms. The largest absolute Gasteiger partial charge is 0.507 e. The second kappa shape index (κ2) is 9.02. The van der Waals surface area contributed by atoms with Crippen molar-refractivity contribution in [2.45, 2.75) is 46.2 Å².